The van der Waals surface area contributed by atoms with Crippen LogP contribution in [0.4, 0.5) is 5.69 Å². The van der Waals surface area contributed by atoms with Crippen molar-refractivity contribution in [2.75, 3.05) is 18.5 Å². The van der Waals surface area contributed by atoms with Crippen LogP contribution in [0.5, 0.6) is 5.75 Å². The van der Waals surface area contributed by atoms with Crippen LogP contribution in [0.1, 0.15) is 12.5 Å². The third-order valence-corrected chi connectivity index (χ3v) is 2.74. The number of carbonyl (C=O) groups is 2. The van der Waals surface area contributed by atoms with Crippen molar-refractivity contribution in [1.29, 1.82) is 0 Å². The van der Waals surface area contributed by atoms with Crippen molar-refractivity contribution in [2.45, 2.75) is 13.3 Å². The molecule has 0 radical (unpaired) electrons. The zero-order valence-electron chi connectivity index (χ0n) is 9.88. The molecule has 0 spiro atoms. The predicted molar refractivity (Wildman–Crippen MR) is 68.0 cm³/mol. The summed E-state index contributed by atoms with van der Waals surface area (Å²) >= 11 is 5.96. The second-order valence-corrected chi connectivity index (χ2v) is 4.43. The first kappa shape index (κ1) is 12.7. The van der Waals surface area contributed by atoms with Gasteiger partial charge < -0.3 is 15.4 Å². The molecule has 0 saturated heterocycles. The van der Waals surface area contributed by atoms with Crippen LogP contribution in [0.15, 0.2) is 12.1 Å². The summed E-state index contributed by atoms with van der Waals surface area (Å²) in [7, 11) is 0. The summed E-state index contributed by atoms with van der Waals surface area (Å²) in [5.74, 6) is 0.0958. The van der Waals surface area contributed by atoms with Crippen LogP contribution in [0.2, 0.25) is 5.02 Å². The molecule has 0 aliphatic carbocycles. The van der Waals surface area contributed by atoms with Gasteiger partial charge in [0.05, 0.1) is 18.8 Å². The van der Waals surface area contributed by atoms with Gasteiger partial charge in [0.25, 0.3) is 0 Å². The molecular formula is C12H13ClN2O3. The normalized spacial score (nSPS) is 12.6. The number of hydrogen-bond donors (Lipinski definition) is 2. The third-order valence-electron chi connectivity index (χ3n) is 2.52. The average molecular weight is 269 g/mol. The van der Waals surface area contributed by atoms with Crippen LogP contribution in [-0.2, 0) is 16.0 Å². The summed E-state index contributed by atoms with van der Waals surface area (Å²) < 4.78 is 5.45. The Balaban J connectivity index is 2.10. The number of amides is 2. The summed E-state index contributed by atoms with van der Waals surface area (Å²) in [5.41, 5.74) is 1.53. The monoisotopic (exact) mass is 268 g/mol. The Hall–Kier alpha value is -1.75. The van der Waals surface area contributed by atoms with Crippen molar-refractivity contribution >= 4 is 29.1 Å². The number of carbonyl (C=O) groups excluding carboxylic acids is 2. The first-order valence-electron chi connectivity index (χ1n) is 5.56. The maximum absolute atomic E-state index is 11.6. The van der Waals surface area contributed by atoms with E-state index in [9.17, 15) is 9.59 Å². The zero-order chi connectivity index (χ0) is 13.1. The molecular weight excluding hydrogens is 256 g/mol. The topological polar surface area (TPSA) is 67.4 Å². The molecule has 2 amide bonds. The molecule has 1 heterocycles. The Morgan fingerprint density at radius 2 is 2.22 bits per heavy atom. The SMILES string of the molecule is CC(=O)NCC(=O)Nc1cc(Cl)cc2c1OCC2. The average Bonchev–Trinajstić information content (AvgIpc) is 2.74. The highest BCUT2D eigenvalue weighted by molar-refractivity contribution is 6.31. The number of anilines is 1. The number of benzene rings is 1. The van der Waals surface area contributed by atoms with Crippen molar-refractivity contribution < 1.29 is 14.3 Å². The molecule has 6 heteroatoms. The molecule has 5 nitrogen and oxygen atoms in total. The van der Waals surface area contributed by atoms with E-state index >= 15 is 0 Å². The minimum absolute atomic E-state index is 0.0728. The molecule has 1 aromatic carbocycles. The number of halogens is 1. The molecule has 2 N–H and O–H groups in total. The van der Waals surface area contributed by atoms with Gasteiger partial charge >= 0.3 is 0 Å². The van der Waals surface area contributed by atoms with Gasteiger partial charge in [-0.05, 0) is 12.1 Å². The molecule has 1 aromatic rings. The van der Waals surface area contributed by atoms with E-state index in [1.54, 1.807) is 6.07 Å². The maximum atomic E-state index is 11.6. The molecule has 0 atom stereocenters. The lowest BCUT2D eigenvalue weighted by Gasteiger charge is -2.10. The third kappa shape index (κ3) is 2.92. The largest absolute Gasteiger partial charge is 0.491 e. The molecule has 0 saturated carbocycles. The predicted octanol–water partition coefficient (Wildman–Crippen LogP) is 1.35. The second kappa shape index (κ2) is 5.27. The minimum atomic E-state index is -0.315. The summed E-state index contributed by atoms with van der Waals surface area (Å²) in [6.07, 6.45) is 0.782. The van der Waals surface area contributed by atoms with E-state index in [1.165, 1.54) is 6.92 Å². The van der Waals surface area contributed by atoms with Crippen molar-refractivity contribution in [3.05, 3.63) is 22.7 Å². The Bertz CT molecular complexity index is 502. The molecule has 2 rings (SSSR count). The van der Waals surface area contributed by atoms with Gasteiger partial charge in [-0.15, -0.1) is 0 Å². The van der Waals surface area contributed by atoms with Crippen molar-refractivity contribution in [3.63, 3.8) is 0 Å². The second-order valence-electron chi connectivity index (χ2n) is 4.00. The highest BCUT2D eigenvalue weighted by Crippen LogP contribution is 2.36. The first-order chi connectivity index (χ1) is 8.56. The molecule has 0 aromatic heterocycles. The standard InChI is InChI=1S/C12H13ClN2O3/c1-7(16)14-6-11(17)15-10-5-9(13)4-8-2-3-18-12(8)10/h4-5H,2-3,6H2,1H3,(H,14,16)(H,15,17). The lowest BCUT2D eigenvalue weighted by atomic mass is 10.1. The summed E-state index contributed by atoms with van der Waals surface area (Å²) in [6.45, 7) is 1.87. The maximum Gasteiger partial charge on any atom is 0.243 e. The number of ether oxygens (including phenoxy) is 1. The molecule has 18 heavy (non-hydrogen) atoms. The Labute approximate surface area is 109 Å². The van der Waals surface area contributed by atoms with Crippen LogP contribution >= 0.6 is 11.6 Å². The fourth-order valence-electron chi connectivity index (χ4n) is 1.76. The summed E-state index contributed by atoms with van der Waals surface area (Å²) in [4.78, 5) is 22.3. The van der Waals surface area contributed by atoms with Gasteiger partial charge in [-0.25, -0.2) is 0 Å². The van der Waals surface area contributed by atoms with Gasteiger partial charge in [0.1, 0.15) is 5.75 Å². The van der Waals surface area contributed by atoms with Crippen LogP contribution in [0.25, 0.3) is 0 Å². The lowest BCUT2D eigenvalue weighted by molar-refractivity contribution is -0.122. The van der Waals surface area contributed by atoms with E-state index in [0.717, 1.165) is 12.0 Å². The fraction of sp³-hybridized carbons (Fsp3) is 0.333. The van der Waals surface area contributed by atoms with Gasteiger partial charge in [0.2, 0.25) is 11.8 Å². The zero-order valence-corrected chi connectivity index (χ0v) is 10.6. The Kier molecular flexibility index (Phi) is 3.72. The molecule has 96 valence electrons. The lowest BCUT2D eigenvalue weighted by Crippen LogP contribution is -2.31. The van der Waals surface area contributed by atoms with Gasteiger partial charge in [-0.1, -0.05) is 11.6 Å². The quantitative estimate of drug-likeness (QED) is 0.870. The molecule has 0 fully saturated rings. The Morgan fingerprint density at radius 3 is 2.94 bits per heavy atom. The van der Waals surface area contributed by atoms with Crippen molar-refractivity contribution in [1.82, 2.24) is 5.32 Å². The molecule has 0 unspecified atom stereocenters. The summed E-state index contributed by atoms with van der Waals surface area (Å²) in [6, 6.07) is 3.46. The van der Waals surface area contributed by atoms with Crippen LogP contribution < -0.4 is 15.4 Å². The Morgan fingerprint density at radius 1 is 1.44 bits per heavy atom. The van der Waals surface area contributed by atoms with E-state index in [2.05, 4.69) is 10.6 Å². The highest BCUT2D eigenvalue weighted by Gasteiger charge is 2.18. The fourth-order valence-corrected chi connectivity index (χ4v) is 2.00. The van der Waals surface area contributed by atoms with E-state index in [4.69, 9.17) is 16.3 Å². The highest BCUT2D eigenvalue weighted by atomic mass is 35.5. The molecule has 1 aliphatic heterocycles. The minimum Gasteiger partial charge on any atom is -0.491 e. The van der Waals surface area contributed by atoms with Gasteiger partial charge in [-0.2, -0.15) is 0 Å². The first-order valence-corrected chi connectivity index (χ1v) is 5.93. The van der Waals surface area contributed by atoms with Crippen LogP contribution in [0, 0.1) is 0 Å². The van der Waals surface area contributed by atoms with Gasteiger partial charge in [0, 0.05) is 23.9 Å². The van der Waals surface area contributed by atoms with Crippen LogP contribution in [0.3, 0.4) is 0 Å². The van der Waals surface area contributed by atoms with E-state index < -0.39 is 0 Å². The summed E-state index contributed by atoms with van der Waals surface area (Å²) in [5, 5.41) is 5.65. The van der Waals surface area contributed by atoms with Crippen molar-refractivity contribution in [2.24, 2.45) is 0 Å². The smallest absolute Gasteiger partial charge is 0.243 e. The van der Waals surface area contributed by atoms with Crippen LogP contribution in [-0.4, -0.2) is 25.0 Å². The van der Waals surface area contributed by atoms with Gasteiger partial charge in [0.15, 0.2) is 0 Å². The molecule has 0 bridgehead atoms. The number of nitrogens with one attached hydrogen (secondary N) is 2. The van der Waals surface area contributed by atoms with E-state index in [0.29, 0.717) is 23.1 Å². The molecule has 1 aliphatic rings. The number of hydrogen-bond acceptors (Lipinski definition) is 3. The van der Waals surface area contributed by atoms with Gasteiger partial charge in [-0.3, -0.25) is 9.59 Å². The van der Waals surface area contributed by atoms with E-state index in [1.807, 2.05) is 6.07 Å². The number of fused-ring (bicyclic) bond motifs is 1. The van der Waals surface area contributed by atoms with Crippen molar-refractivity contribution in [3.8, 4) is 5.75 Å². The number of rotatable bonds is 3. The van der Waals surface area contributed by atoms with E-state index in [-0.39, 0.29) is 18.4 Å².